The molecule has 0 saturated carbocycles. The summed E-state index contributed by atoms with van der Waals surface area (Å²) in [5.41, 5.74) is 0. The SMILES string of the molecule is O=C([O-])C(CSc1ncccn1)CSc1ncccn1.[Na+]. The first-order chi connectivity index (χ1) is 9.75. The second kappa shape index (κ2) is 10.1. The van der Waals surface area contributed by atoms with Crippen LogP contribution in [0, 0.1) is 5.92 Å². The van der Waals surface area contributed by atoms with Crippen LogP contribution in [0.1, 0.15) is 0 Å². The van der Waals surface area contributed by atoms with Gasteiger partial charge in [0.25, 0.3) is 0 Å². The van der Waals surface area contributed by atoms with Gasteiger partial charge in [0.2, 0.25) is 0 Å². The monoisotopic (exact) mass is 330 g/mol. The number of hydrogen-bond donors (Lipinski definition) is 0. The Kier molecular flexibility index (Phi) is 8.86. The van der Waals surface area contributed by atoms with Crippen molar-refractivity contribution >= 4 is 29.5 Å². The summed E-state index contributed by atoms with van der Waals surface area (Å²) in [6.45, 7) is 0. The van der Waals surface area contributed by atoms with Crippen molar-refractivity contribution in [1.82, 2.24) is 19.9 Å². The average molecular weight is 330 g/mol. The van der Waals surface area contributed by atoms with Crippen LogP contribution in [0.5, 0.6) is 0 Å². The number of carboxylic acids is 1. The molecule has 2 aromatic rings. The third-order valence-corrected chi connectivity index (χ3v) is 4.32. The largest absolute Gasteiger partial charge is 1.00 e. The van der Waals surface area contributed by atoms with Crippen LogP contribution in [0.25, 0.3) is 0 Å². The Bertz CT molecular complexity index is 504. The number of carboxylic acid groups (broad SMARTS) is 1. The Hall–Kier alpha value is -0.670. The molecule has 2 rings (SSSR count). The van der Waals surface area contributed by atoms with E-state index in [0.717, 1.165) is 0 Å². The molecule has 0 aliphatic heterocycles. The summed E-state index contributed by atoms with van der Waals surface area (Å²) in [6.07, 6.45) is 6.48. The van der Waals surface area contributed by atoms with Crippen molar-refractivity contribution in [2.75, 3.05) is 11.5 Å². The molecule has 9 heteroatoms. The standard InChI is InChI=1S/C12H12N4O2S2.Na/c17-10(18)9(7-19-11-13-3-1-4-14-11)8-20-12-15-5-2-6-16-12;/h1-6,9H,7-8H2,(H,17,18);/q;+1/p-1. The molecule has 0 spiro atoms. The zero-order chi connectivity index (χ0) is 14.2. The first kappa shape index (κ1) is 18.4. The predicted molar refractivity (Wildman–Crippen MR) is 74.0 cm³/mol. The van der Waals surface area contributed by atoms with Gasteiger partial charge in [0.05, 0.1) is 0 Å². The van der Waals surface area contributed by atoms with Crippen LogP contribution in [0.15, 0.2) is 47.2 Å². The van der Waals surface area contributed by atoms with E-state index in [1.54, 1.807) is 36.9 Å². The summed E-state index contributed by atoms with van der Waals surface area (Å²) < 4.78 is 0. The van der Waals surface area contributed by atoms with E-state index >= 15 is 0 Å². The Labute approximate surface area is 152 Å². The van der Waals surface area contributed by atoms with Gasteiger partial charge in [-0.1, -0.05) is 23.5 Å². The van der Waals surface area contributed by atoms with Gasteiger partial charge in [-0.2, -0.15) is 0 Å². The topological polar surface area (TPSA) is 91.7 Å². The van der Waals surface area contributed by atoms with E-state index in [9.17, 15) is 9.90 Å². The van der Waals surface area contributed by atoms with Crippen molar-refractivity contribution in [1.29, 1.82) is 0 Å². The molecule has 0 amide bonds. The van der Waals surface area contributed by atoms with Crippen LogP contribution < -0.4 is 34.7 Å². The summed E-state index contributed by atoms with van der Waals surface area (Å²) in [5, 5.41) is 12.2. The van der Waals surface area contributed by atoms with Gasteiger partial charge in [0.1, 0.15) is 0 Å². The Balaban J connectivity index is 0.00000220. The third-order valence-electron chi connectivity index (χ3n) is 2.24. The van der Waals surface area contributed by atoms with Gasteiger partial charge in [-0.05, 0) is 12.1 Å². The predicted octanol–water partition coefficient (Wildman–Crippen LogP) is -2.48. The molecule has 2 aromatic heterocycles. The molecule has 21 heavy (non-hydrogen) atoms. The molecule has 104 valence electrons. The molecule has 0 aromatic carbocycles. The molecule has 2 heterocycles. The van der Waals surface area contributed by atoms with Gasteiger partial charge < -0.3 is 9.90 Å². The van der Waals surface area contributed by atoms with Crippen molar-refractivity contribution in [2.24, 2.45) is 5.92 Å². The van der Waals surface area contributed by atoms with Crippen molar-refractivity contribution in [2.45, 2.75) is 10.3 Å². The van der Waals surface area contributed by atoms with Crippen LogP contribution in [-0.2, 0) is 4.79 Å². The van der Waals surface area contributed by atoms with Crippen LogP contribution in [0.4, 0.5) is 0 Å². The molecular formula is C12H11N4NaO2S2. The molecule has 0 saturated heterocycles. The number of rotatable bonds is 7. The maximum atomic E-state index is 11.1. The first-order valence-electron chi connectivity index (χ1n) is 5.76. The minimum Gasteiger partial charge on any atom is -0.550 e. The van der Waals surface area contributed by atoms with Crippen molar-refractivity contribution in [3.8, 4) is 0 Å². The molecule has 0 radical (unpaired) electrons. The van der Waals surface area contributed by atoms with Crippen molar-refractivity contribution in [3.63, 3.8) is 0 Å². The van der Waals surface area contributed by atoms with Gasteiger partial charge in [0.15, 0.2) is 10.3 Å². The fourth-order valence-electron chi connectivity index (χ4n) is 1.25. The van der Waals surface area contributed by atoms with Gasteiger partial charge in [-0.15, -0.1) is 0 Å². The van der Waals surface area contributed by atoms with E-state index in [0.29, 0.717) is 21.8 Å². The van der Waals surface area contributed by atoms with E-state index in [1.165, 1.54) is 23.5 Å². The number of nitrogens with zero attached hydrogens (tertiary/aromatic N) is 4. The quantitative estimate of drug-likeness (QED) is 0.313. The molecule has 0 atom stereocenters. The van der Waals surface area contributed by atoms with Gasteiger partial charge in [-0.3, -0.25) is 0 Å². The molecule has 0 aliphatic rings. The number of aromatic nitrogens is 4. The maximum absolute atomic E-state index is 11.1. The normalized spacial score (nSPS) is 10.1. The average Bonchev–Trinajstić information content (AvgIpc) is 2.49. The summed E-state index contributed by atoms with van der Waals surface area (Å²) >= 11 is 2.59. The molecule has 0 bridgehead atoms. The Morgan fingerprint density at radius 3 is 1.67 bits per heavy atom. The number of carbonyl (C=O) groups excluding carboxylic acids is 1. The zero-order valence-electron chi connectivity index (χ0n) is 11.4. The molecule has 0 fully saturated rings. The third kappa shape index (κ3) is 6.75. The van der Waals surface area contributed by atoms with E-state index in [-0.39, 0.29) is 29.6 Å². The van der Waals surface area contributed by atoms with Crippen LogP contribution >= 0.6 is 23.5 Å². The summed E-state index contributed by atoms with van der Waals surface area (Å²) in [5.74, 6) is -0.993. The molecule has 0 unspecified atom stereocenters. The Morgan fingerprint density at radius 2 is 1.33 bits per heavy atom. The second-order valence-corrected chi connectivity index (χ2v) is 5.68. The molecule has 0 N–H and O–H groups in total. The Morgan fingerprint density at radius 1 is 0.952 bits per heavy atom. The van der Waals surface area contributed by atoms with Crippen molar-refractivity contribution in [3.05, 3.63) is 36.9 Å². The summed E-state index contributed by atoms with van der Waals surface area (Å²) in [6, 6.07) is 3.42. The zero-order valence-corrected chi connectivity index (χ0v) is 15.0. The number of carbonyl (C=O) groups is 1. The van der Waals surface area contributed by atoms with Gasteiger partial charge in [0, 0.05) is 48.2 Å². The fraction of sp³-hybridized carbons (Fsp3) is 0.250. The molecular weight excluding hydrogens is 319 g/mol. The summed E-state index contributed by atoms with van der Waals surface area (Å²) in [7, 11) is 0. The molecule has 0 aliphatic carbocycles. The minimum atomic E-state index is -1.09. The molecule has 6 nitrogen and oxygen atoms in total. The van der Waals surface area contributed by atoms with Crippen LogP contribution in [0.2, 0.25) is 0 Å². The van der Waals surface area contributed by atoms with E-state index in [2.05, 4.69) is 19.9 Å². The van der Waals surface area contributed by atoms with E-state index in [4.69, 9.17) is 0 Å². The van der Waals surface area contributed by atoms with Crippen molar-refractivity contribution < 1.29 is 39.5 Å². The first-order valence-corrected chi connectivity index (χ1v) is 7.73. The van der Waals surface area contributed by atoms with Crippen LogP contribution in [-0.4, -0.2) is 37.4 Å². The number of thioether (sulfide) groups is 2. The summed E-state index contributed by atoms with van der Waals surface area (Å²) in [4.78, 5) is 27.3. The van der Waals surface area contributed by atoms with E-state index in [1.807, 2.05) is 0 Å². The number of hydrogen-bond acceptors (Lipinski definition) is 8. The minimum absolute atomic E-state index is 0. The fourth-order valence-corrected chi connectivity index (χ4v) is 3.15. The number of aliphatic carboxylic acids is 1. The van der Waals surface area contributed by atoms with Crippen LogP contribution in [0.3, 0.4) is 0 Å². The second-order valence-electron chi connectivity index (χ2n) is 3.70. The smallest absolute Gasteiger partial charge is 0.550 e. The van der Waals surface area contributed by atoms with E-state index < -0.39 is 11.9 Å². The maximum Gasteiger partial charge on any atom is 1.00 e. The van der Waals surface area contributed by atoms with Gasteiger partial charge >= 0.3 is 29.6 Å². The van der Waals surface area contributed by atoms with Gasteiger partial charge in [-0.25, -0.2) is 19.9 Å².